The Hall–Kier alpha value is -1.04. The highest BCUT2D eigenvalue weighted by atomic mass is 16.8. The lowest BCUT2D eigenvalue weighted by Gasteiger charge is -2.12. The zero-order valence-electron chi connectivity index (χ0n) is 7.69. The minimum absolute atomic E-state index is 0.0139. The summed E-state index contributed by atoms with van der Waals surface area (Å²) in [6.07, 6.45) is 0. The standard InChI is InChI=1S/C6H15N3O3/c1-4-8(5-2)9(10)7-12-6-11-3/h4-6H2,1-3H3. The van der Waals surface area contributed by atoms with Crippen molar-refractivity contribution in [3.05, 3.63) is 5.21 Å². The van der Waals surface area contributed by atoms with E-state index in [0.29, 0.717) is 18.1 Å². The molecule has 0 aromatic heterocycles. The molecule has 0 aliphatic heterocycles. The van der Waals surface area contributed by atoms with E-state index in [1.807, 2.05) is 13.8 Å². The maximum atomic E-state index is 11.0. The Balaban J connectivity index is 3.79. The summed E-state index contributed by atoms with van der Waals surface area (Å²) >= 11 is 0. The average Bonchev–Trinajstić information content (AvgIpc) is 2.07. The summed E-state index contributed by atoms with van der Waals surface area (Å²) in [4.78, 5) is 4.92. The largest absolute Gasteiger partial charge is 0.569 e. The first-order valence-electron chi connectivity index (χ1n) is 3.80. The van der Waals surface area contributed by atoms with Crippen LogP contribution in [0.4, 0.5) is 0 Å². The number of hydrogen-bond donors (Lipinski definition) is 0. The fourth-order valence-corrected chi connectivity index (χ4v) is 0.643. The quantitative estimate of drug-likeness (QED) is 0.197. The molecule has 0 N–H and O–H groups in total. The van der Waals surface area contributed by atoms with Gasteiger partial charge in [0.1, 0.15) is 0 Å². The molecule has 0 unspecified atom stereocenters. The highest BCUT2D eigenvalue weighted by molar-refractivity contribution is 4.29. The van der Waals surface area contributed by atoms with Crippen LogP contribution in [0.25, 0.3) is 0 Å². The summed E-state index contributed by atoms with van der Waals surface area (Å²) in [5.74, 6) is 0. The van der Waals surface area contributed by atoms with Gasteiger partial charge in [-0.1, -0.05) is 0 Å². The zero-order valence-corrected chi connectivity index (χ0v) is 7.69. The lowest BCUT2D eigenvalue weighted by Crippen LogP contribution is -2.30. The van der Waals surface area contributed by atoms with E-state index in [9.17, 15) is 5.21 Å². The molecule has 0 fully saturated rings. The molecule has 0 rings (SSSR count). The number of nitrogens with zero attached hydrogens (tertiary/aromatic N) is 3. The van der Waals surface area contributed by atoms with E-state index >= 15 is 0 Å². The normalized spacial score (nSPS) is 11.4. The monoisotopic (exact) mass is 177 g/mol. The van der Waals surface area contributed by atoms with E-state index < -0.39 is 0 Å². The van der Waals surface area contributed by atoms with Crippen LogP contribution in [-0.2, 0) is 9.57 Å². The summed E-state index contributed by atoms with van der Waals surface area (Å²) in [6, 6.07) is 0. The van der Waals surface area contributed by atoms with Gasteiger partial charge in [-0.3, -0.25) is 0 Å². The first-order chi connectivity index (χ1) is 5.76. The number of hydrazine groups is 1. The SMILES string of the molecule is CCN(CC)[N+]([O-])=NOCOC. The number of hydrogen-bond acceptors (Lipinski definition) is 4. The first kappa shape index (κ1) is 11.0. The number of methoxy groups -OCH3 is 1. The van der Waals surface area contributed by atoms with E-state index in [2.05, 4.69) is 14.9 Å². The number of rotatable bonds is 6. The maximum Gasteiger partial charge on any atom is 0.235 e. The van der Waals surface area contributed by atoms with E-state index in [1.54, 1.807) is 0 Å². The van der Waals surface area contributed by atoms with Crippen LogP contribution in [-0.4, -0.2) is 37.0 Å². The first-order valence-corrected chi connectivity index (χ1v) is 3.80. The Morgan fingerprint density at radius 3 is 2.42 bits per heavy atom. The van der Waals surface area contributed by atoms with E-state index in [0.717, 1.165) is 0 Å². The highest BCUT2D eigenvalue weighted by Crippen LogP contribution is 1.89. The van der Waals surface area contributed by atoms with Gasteiger partial charge in [0.2, 0.25) is 12.1 Å². The third kappa shape index (κ3) is 3.97. The second-order valence-corrected chi connectivity index (χ2v) is 2.01. The summed E-state index contributed by atoms with van der Waals surface area (Å²) in [6.45, 7) is 4.90. The van der Waals surface area contributed by atoms with Crippen LogP contribution >= 0.6 is 0 Å². The topological polar surface area (TPSA) is 60.1 Å². The minimum Gasteiger partial charge on any atom is -0.569 e. The third-order valence-corrected chi connectivity index (χ3v) is 1.27. The molecule has 6 heteroatoms. The van der Waals surface area contributed by atoms with Crippen LogP contribution < -0.4 is 0 Å². The second kappa shape index (κ2) is 6.66. The van der Waals surface area contributed by atoms with Crippen molar-refractivity contribution < 1.29 is 14.5 Å². The van der Waals surface area contributed by atoms with Crippen LogP contribution in [0.2, 0.25) is 0 Å². The Bertz CT molecular complexity index is 136. The van der Waals surface area contributed by atoms with Gasteiger partial charge in [0.25, 0.3) is 0 Å². The fraction of sp³-hybridized carbons (Fsp3) is 1.00. The maximum absolute atomic E-state index is 11.0. The van der Waals surface area contributed by atoms with Gasteiger partial charge >= 0.3 is 0 Å². The molecule has 0 bridgehead atoms. The fourth-order valence-electron chi connectivity index (χ4n) is 0.643. The van der Waals surface area contributed by atoms with E-state index in [1.165, 1.54) is 12.1 Å². The zero-order chi connectivity index (χ0) is 9.40. The smallest absolute Gasteiger partial charge is 0.235 e. The average molecular weight is 177 g/mol. The highest BCUT2D eigenvalue weighted by Gasteiger charge is 2.05. The van der Waals surface area contributed by atoms with Crippen LogP contribution in [0.3, 0.4) is 0 Å². The van der Waals surface area contributed by atoms with Crippen molar-refractivity contribution >= 4 is 0 Å². The van der Waals surface area contributed by atoms with Crippen molar-refractivity contribution in [2.45, 2.75) is 13.8 Å². The van der Waals surface area contributed by atoms with Gasteiger partial charge in [0.15, 0.2) is 0 Å². The van der Waals surface area contributed by atoms with E-state index in [4.69, 9.17) is 0 Å². The lowest BCUT2D eigenvalue weighted by atomic mass is 10.6. The van der Waals surface area contributed by atoms with Crippen molar-refractivity contribution in [2.24, 2.45) is 5.28 Å². The van der Waals surface area contributed by atoms with Gasteiger partial charge in [-0.05, 0) is 13.8 Å². The molecule has 0 saturated heterocycles. The Kier molecular flexibility index (Phi) is 6.08. The molecule has 0 heterocycles. The molecule has 0 aromatic carbocycles. The second-order valence-electron chi connectivity index (χ2n) is 2.01. The van der Waals surface area contributed by atoms with Crippen LogP contribution in [0.1, 0.15) is 13.8 Å². The molecule has 72 valence electrons. The molecule has 0 atom stereocenters. The van der Waals surface area contributed by atoms with Gasteiger partial charge in [0, 0.05) is 7.11 Å². The molecular formula is C6H15N3O3. The van der Waals surface area contributed by atoms with Crippen molar-refractivity contribution in [3.8, 4) is 0 Å². The molecule has 12 heavy (non-hydrogen) atoms. The van der Waals surface area contributed by atoms with Crippen molar-refractivity contribution in [3.63, 3.8) is 0 Å². The molecule has 0 saturated carbocycles. The van der Waals surface area contributed by atoms with Gasteiger partial charge in [0.05, 0.1) is 18.1 Å². The number of ether oxygens (including phenoxy) is 1. The van der Waals surface area contributed by atoms with Crippen molar-refractivity contribution in [1.29, 1.82) is 0 Å². The van der Waals surface area contributed by atoms with Crippen LogP contribution in [0.5, 0.6) is 0 Å². The Morgan fingerprint density at radius 2 is 2.00 bits per heavy atom. The van der Waals surface area contributed by atoms with Gasteiger partial charge < -0.3 is 14.8 Å². The Morgan fingerprint density at radius 1 is 1.42 bits per heavy atom. The van der Waals surface area contributed by atoms with Crippen molar-refractivity contribution in [1.82, 2.24) is 5.01 Å². The van der Waals surface area contributed by atoms with Crippen molar-refractivity contribution in [2.75, 3.05) is 27.0 Å². The van der Waals surface area contributed by atoms with Gasteiger partial charge in [-0.2, -0.15) is 0 Å². The third-order valence-electron chi connectivity index (χ3n) is 1.27. The summed E-state index contributed by atoms with van der Waals surface area (Å²) < 4.78 is 4.54. The molecular weight excluding hydrogens is 162 g/mol. The summed E-state index contributed by atoms with van der Waals surface area (Å²) in [5, 5.41) is 15.7. The summed E-state index contributed by atoms with van der Waals surface area (Å²) in [7, 11) is 1.46. The van der Waals surface area contributed by atoms with Crippen LogP contribution in [0, 0.1) is 5.21 Å². The molecule has 0 radical (unpaired) electrons. The lowest BCUT2D eigenvalue weighted by molar-refractivity contribution is -0.710. The van der Waals surface area contributed by atoms with E-state index in [-0.39, 0.29) is 6.79 Å². The predicted octanol–water partition coefficient (Wildman–Crippen LogP) is 0.741. The molecule has 0 aromatic rings. The Labute approximate surface area is 71.9 Å². The molecule has 6 nitrogen and oxygen atoms in total. The van der Waals surface area contributed by atoms with Gasteiger partial charge in [-0.15, -0.1) is 5.01 Å². The molecule has 0 aliphatic rings. The minimum atomic E-state index is -0.0139. The molecule has 0 spiro atoms. The predicted molar refractivity (Wildman–Crippen MR) is 41.9 cm³/mol. The van der Waals surface area contributed by atoms with Gasteiger partial charge in [-0.25, -0.2) is 0 Å². The molecule has 0 amide bonds. The summed E-state index contributed by atoms with van der Waals surface area (Å²) in [5.41, 5.74) is 0. The van der Waals surface area contributed by atoms with Crippen LogP contribution in [0.15, 0.2) is 5.28 Å². The molecule has 0 aliphatic carbocycles.